The lowest BCUT2D eigenvalue weighted by atomic mass is 9.92. The molecule has 0 radical (unpaired) electrons. The van der Waals surface area contributed by atoms with Gasteiger partial charge in [-0.1, -0.05) is 63.0 Å². The van der Waals surface area contributed by atoms with Gasteiger partial charge in [0.05, 0.1) is 13.0 Å². The molecule has 0 bridgehead atoms. The number of methoxy groups -OCH3 is 1. The van der Waals surface area contributed by atoms with Gasteiger partial charge in [-0.15, -0.1) is 9.24 Å². The zero-order chi connectivity index (χ0) is 19.4. The Labute approximate surface area is 153 Å². The van der Waals surface area contributed by atoms with E-state index < -0.39 is 5.92 Å². The third-order valence-electron chi connectivity index (χ3n) is 3.59. The summed E-state index contributed by atoms with van der Waals surface area (Å²) < 4.78 is 4.90. The molecular formula is C20H31N2O2P. The van der Waals surface area contributed by atoms with Crippen molar-refractivity contribution in [1.29, 1.82) is 0 Å². The summed E-state index contributed by atoms with van der Waals surface area (Å²) in [4.78, 5) is 12.1. The molecule has 2 atom stereocenters. The molecule has 2 aromatic rings. The molecule has 0 aliphatic carbocycles. The van der Waals surface area contributed by atoms with E-state index in [0.717, 1.165) is 16.3 Å². The van der Waals surface area contributed by atoms with Crippen LogP contribution < -0.4 is 11.5 Å². The number of allylic oxidation sites excluding steroid dienone is 2. The number of ether oxygens (including phenoxy) is 1. The second-order valence-corrected chi connectivity index (χ2v) is 5.09. The van der Waals surface area contributed by atoms with E-state index in [9.17, 15) is 4.79 Å². The zero-order valence-corrected chi connectivity index (χ0v) is 17.0. The molecule has 0 aliphatic rings. The average molecular weight is 362 g/mol. The third kappa shape index (κ3) is 6.75. The second kappa shape index (κ2) is 12.3. The molecule has 2 unspecified atom stereocenters. The first-order chi connectivity index (χ1) is 12.0. The van der Waals surface area contributed by atoms with E-state index in [1.807, 2.05) is 63.0 Å². The quantitative estimate of drug-likeness (QED) is 0.632. The van der Waals surface area contributed by atoms with Crippen LogP contribution in [0.3, 0.4) is 0 Å². The second-order valence-electron chi connectivity index (χ2n) is 5.09. The summed E-state index contributed by atoms with van der Waals surface area (Å²) >= 11 is 0. The highest BCUT2D eigenvalue weighted by Gasteiger charge is 2.23. The van der Waals surface area contributed by atoms with Crippen molar-refractivity contribution in [2.45, 2.75) is 33.1 Å². The van der Waals surface area contributed by atoms with E-state index in [2.05, 4.69) is 9.24 Å². The molecule has 0 amide bonds. The predicted molar refractivity (Wildman–Crippen MR) is 111 cm³/mol. The molecule has 0 fully saturated rings. The number of nitrogens with two attached hydrogens (primary N) is 2. The fourth-order valence-corrected chi connectivity index (χ4v) is 2.28. The number of hydrogen-bond acceptors (Lipinski definition) is 4. The van der Waals surface area contributed by atoms with Gasteiger partial charge in [0.2, 0.25) is 0 Å². The minimum absolute atomic E-state index is 0.311. The van der Waals surface area contributed by atoms with E-state index >= 15 is 0 Å². The minimum atomic E-state index is -0.446. The molecule has 0 saturated heterocycles. The van der Waals surface area contributed by atoms with Crippen LogP contribution in [0.25, 0.3) is 10.8 Å². The van der Waals surface area contributed by atoms with Crippen molar-refractivity contribution < 1.29 is 9.53 Å². The predicted octanol–water partition coefficient (Wildman–Crippen LogP) is 4.15. The van der Waals surface area contributed by atoms with Crippen LogP contribution >= 0.6 is 9.24 Å². The number of carbonyl (C=O) groups is 1. The molecule has 2 aromatic carbocycles. The van der Waals surface area contributed by atoms with Crippen LogP contribution in [0, 0.1) is 0 Å². The highest BCUT2D eigenvalue weighted by Crippen LogP contribution is 2.27. The first-order valence-corrected chi connectivity index (χ1v) is 9.53. The van der Waals surface area contributed by atoms with E-state index in [1.165, 1.54) is 7.11 Å². The minimum Gasteiger partial charge on any atom is -0.469 e. The van der Waals surface area contributed by atoms with Crippen molar-refractivity contribution in [3.63, 3.8) is 0 Å². The fourth-order valence-electron chi connectivity index (χ4n) is 2.28. The number of carbonyl (C=O) groups excluding carboxylic acids is 1. The monoisotopic (exact) mass is 362 g/mol. The van der Waals surface area contributed by atoms with Crippen LogP contribution in [0.15, 0.2) is 53.9 Å². The molecule has 5 heteroatoms. The summed E-state index contributed by atoms with van der Waals surface area (Å²) in [7, 11) is 3.80. The third-order valence-corrected chi connectivity index (χ3v) is 3.59. The Kier molecular flexibility index (Phi) is 11.3. The maximum Gasteiger partial charge on any atom is 0.313 e. The number of hydrogen-bond donors (Lipinski definition) is 2. The molecule has 2 rings (SSSR count). The molecule has 4 N–H and O–H groups in total. The van der Waals surface area contributed by atoms with Gasteiger partial charge in [-0.2, -0.15) is 0 Å². The molecule has 0 heterocycles. The van der Waals surface area contributed by atoms with E-state index in [-0.39, 0.29) is 5.97 Å². The largest absolute Gasteiger partial charge is 0.469 e. The van der Waals surface area contributed by atoms with E-state index in [4.69, 9.17) is 16.2 Å². The summed E-state index contributed by atoms with van der Waals surface area (Å²) in [6, 6.07) is 13.9. The Balaban J connectivity index is 0.00000134. The highest BCUT2D eigenvalue weighted by atomic mass is 31.0. The molecule has 4 nitrogen and oxygen atoms in total. The van der Waals surface area contributed by atoms with Gasteiger partial charge in [-0.3, -0.25) is 4.79 Å². The van der Waals surface area contributed by atoms with Crippen LogP contribution in [0.4, 0.5) is 0 Å². The summed E-state index contributed by atoms with van der Waals surface area (Å²) in [5.74, 6) is -0.757. The van der Waals surface area contributed by atoms with Crippen molar-refractivity contribution >= 4 is 26.0 Å². The Bertz CT molecular complexity index is 695. The molecule has 0 aliphatic heterocycles. The first kappa shape index (κ1) is 22.9. The zero-order valence-electron chi connectivity index (χ0n) is 15.9. The normalized spacial score (nSPS) is 11.9. The molecule has 25 heavy (non-hydrogen) atoms. The maximum atomic E-state index is 12.1. The lowest BCUT2D eigenvalue weighted by Gasteiger charge is -2.16. The Hall–Kier alpha value is -2.06. The van der Waals surface area contributed by atoms with E-state index in [0.29, 0.717) is 17.8 Å². The Morgan fingerprint density at radius 3 is 2.16 bits per heavy atom. The van der Waals surface area contributed by atoms with Gasteiger partial charge >= 0.3 is 5.97 Å². The molecule has 0 spiro atoms. The van der Waals surface area contributed by atoms with Gasteiger partial charge < -0.3 is 16.2 Å². The standard InChI is InChI=1S/C17H20N2O2.C2H6.CH5P/c1-11(18)16(19)10-15(17(20)21-2)14-8-7-12-5-3-4-6-13(12)9-14;2*1-2/h3-9,15H,10,18-19H2,1-2H3;1-2H3;2H2,1H3/b16-11-;;. The highest BCUT2D eigenvalue weighted by molar-refractivity contribution is 7.15. The van der Waals surface area contributed by atoms with Gasteiger partial charge in [0.25, 0.3) is 0 Å². The van der Waals surface area contributed by atoms with Crippen LogP contribution in [0.5, 0.6) is 0 Å². The van der Waals surface area contributed by atoms with Crippen LogP contribution in [-0.4, -0.2) is 19.7 Å². The smallest absolute Gasteiger partial charge is 0.313 e. The first-order valence-electron chi connectivity index (χ1n) is 8.38. The van der Waals surface area contributed by atoms with Crippen LogP contribution in [-0.2, 0) is 9.53 Å². The topological polar surface area (TPSA) is 78.3 Å². The van der Waals surface area contributed by atoms with Crippen molar-refractivity contribution in [1.82, 2.24) is 0 Å². The maximum absolute atomic E-state index is 12.1. The lowest BCUT2D eigenvalue weighted by molar-refractivity contribution is -0.142. The SMILES string of the molecule is CC.COC(=O)C(C/C(N)=C(\C)N)c1ccc2ccccc2c1.CP. The Morgan fingerprint density at radius 1 is 1.08 bits per heavy atom. The van der Waals surface area contributed by atoms with Gasteiger partial charge in [-0.05, 0) is 23.3 Å². The number of rotatable bonds is 4. The fraction of sp³-hybridized carbons (Fsp3) is 0.350. The number of esters is 1. The van der Waals surface area contributed by atoms with Crippen molar-refractivity contribution in [3.05, 3.63) is 59.4 Å². The number of benzene rings is 2. The molecule has 0 aromatic heterocycles. The average Bonchev–Trinajstić information content (AvgIpc) is 2.68. The summed E-state index contributed by atoms with van der Waals surface area (Å²) in [5, 5.41) is 2.21. The van der Waals surface area contributed by atoms with Gasteiger partial charge in [0, 0.05) is 17.8 Å². The number of fused-ring (bicyclic) bond motifs is 1. The van der Waals surface area contributed by atoms with Gasteiger partial charge in [0.1, 0.15) is 0 Å². The van der Waals surface area contributed by atoms with Crippen LogP contribution in [0.2, 0.25) is 0 Å². The van der Waals surface area contributed by atoms with Crippen molar-refractivity contribution in [2.24, 2.45) is 11.5 Å². The van der Waals surface area contributed by atoms with Crippen LogP contribution in [0.1, 0.15) is 38.7 Å². The van der Waals surface area contributed by atoms with Crippen molar-refractivity contribution in [3.8, 4) is 0 Å². The van der Waals surface area contributed by atoms with Gasteiger partial charge in [-0.25, -0.2) is 0 Å². The molecule has 0 saturated carbocycles. The molecule has 138 valence electrons. The summed E-state index contributed by atoms with van der Waals surface area (Å²) in [6.45, 7) is 7.64. The Morgan fingerprint density at radius 2 is 1.64 bits per heavy atom. The lowest BCUT2D eigenvalue weighted by Crippen LogP contribution is -2.19. The summed E-state index contributed by atoms with van der Waals surface area (Å²) in [6.07, 6.45) is 0.355. The van der Waals surface area contributed by atoms with Gasteiger partial charge in [0.15, 0.2) is 0 Å². The molecular weight excluding hydrogens is 331 g/mol. The van der Waals surface area contributed by atoms with E-state index in [1.54, 1.807) is 6.92 Å². The van der Waals surface area contributed by atoms with Crippen molar-refractivity contribution in [2.75, 3.05) is 13.8 Å². The summed E-state index contributed by atoms with van der Waals surface area (Å²) in [5.41, 5.74) is 13.5.